The fraction of sp³-hybridized carbons (Fsp3) is 0.389. The summed E-state index contributed by atoms with van der Waals surface area (Å²) in [5.74, 6) is 0.391. The molecular weight excluding hydrogens is 366 g/mol. The lowest BCUT2D eigenvalue weighted by atomic mass is 10.1. The van der Waals surface area contributed by atoms with Gasteiger partial charge in [0, 0.05) is 5.56 Å². The van der Waals surface area contributed by atoms with Gasteiger partial charge in [0.2, 0.25) is 0 Å². The highest BCUT2D eigenvalue weighted by molar-refractivity contribution is 6.07. The van der Waals surface area contributed by atoms with E-state index in [4.69, 9.17) is 10.5 Å². The first kappa shape index (κ1) is 18.7. The van der Waals surface area contributed by atoms with Crippen molar-refractivity contribution in [3.05, 3.63) is 47.9 Å². The molecule has 1 saturated heterocycles. The molecule has 4 rings (SSSR count). The minimum absolute atomic E-state index is 0.303. The van der Waals surface area contributed by atoms with Gasteiger partial charge >= 0.3 is 0 Å². The second-order valence-corrected chi connectivity index (χ2v) is 6.73. The summed E-state index contributed by atoms with van der Waals surface area (Å²) < 4.78 is 6.99. The Hall–Kier alpha value is -2.63. The molecule has 28 heavy (non-hydrogen) atoms. The average Bonchev–Trinajstić information content (AvgIpc) is 3.23. The number of aliphatic hydroxyl groups is 3. The highest BCUT2D eigenvalue weighted by Gasteiger charge is 2.45. The molecular formula is C18H21N5O5. The Balaban J connectivity index is 1.68. The lowest BCUT2D eigenvalue weighted by Crippen LogP contribution is -2.44. The molecule has 0 aliphatic carbocycles. The highest BCUT2D eigenvalue weighted by atomic mass is 16.6. The van der Waals surface area contributed by atoms with Gasteiger partial charge in [-0.1, -0.05) is 18.2 Å². The number of aliphatic hydroxyl groups excluding tert-OH is 3. The number of nitrogens with zero attached hydrogens (tertiary/aromatic N) is 4. The number of nitrogens with two attached hydrogens (primary N) is 1. The van der Waals surface area contributed by atoms with Gasteiger partial charge in [-0.15, -0.1) is 0 Å². The van der Waals surface area contributed by atoms with Gasteiger partial charge in [0.05, 0.1) is 12.9 Å². The van der Waals surface area contributed by atoms with Crippen LogP contribution in [0.2, 0.25) is 0 Å². The molecule has 1 aromatic carbocycles. The van der Waals surface area contributed by atoms with Crippen LogP contribution in [0.5, 0.6) is 0 Å². The third-order valence-corrected chi connectivity index (χ3v) is 5.00. The molecule has 2 aliphatic heterocycles. The second-order valence-electron chi connectivity index (χ2n) is 6.73. The van der Waals surface area contributed by atoms with E-state index in [9.17, 15) is 20.1 Å². The van der Waals surface area contributed by atoms with Crippen LogP contribution in [-0.2, 0) is 4.74 Å². The number of ether oxygens (including phenoxy) is 1. The summed E-state index contributed by atoms with van der Waals surface area (Å²) in [4.78, 5) is 22.9. The molecule has 5 N–H and O–H groups in total. The minimum Gasteiger partial charge on any atom is -0.394 e. The monoisotopic (exact) mass is 387 g/mol. The number of hydrogen-bond donors (Lipinski definition) is 4. The first-order valence-corrected chi connectivity index (χ1v) is 8.82. The Bertz CT molecular complexity index is 914. The van der Waals surface area contributed by atoms with Crippen LogP contribution < -0.4 is 5.73 Å². The van der Waals surface area contributed by atoms with E-state index >= 15 is 0 Å². The van der Waals surface area contributed by atoms with Crippen molar-refractivity contribution in [2.24, 2.45) is 10.7 Å². The number of imidazole rings is 1. The Morgan fingerprint density at radius 2 is 1.96 bits per heavy atom. The van der Waals surface area contributed by atoms with Gasteiger partial charge in [-0.2, -0.15) is 0 Å². The summed E-state index contributed by atoms with van der Waals surface area (Å²) in [6, 6.07) is 8.72. The number of carbonyl (C=O) groups is 1. The average molecular weight is 387 g/mol. The van der Waals surface area contributed by atoms with Crippen LogP contribution in [0.3, 0.4) is 0 Å². The van der Waals surface area contributed by atoms with Crippen LogP contribution >= 0.6 is 0 Å². The molecule has 3 heterocycles. The zero-order chi connectivity index (χ0) is 20.0. The normalized spacial score (nSPS) is 29.5. The maximum Gasteiger partial charge on any atom is 0.260 e. The lowest BCUT2D eigenvalue weighted by Gasteiger charge is -2.31. The van der Waals surface area contributed by atoms with E-state index in [1.165, 1.54) is 15.8 Å². The summed E-state index contributed by atoms with van der Waals surface area (Å²) in [6.07, 6.45) is -3.91. The number of benzene rings is 1. The molecule has 1 fully saturated rings. The topological polar surface area (TPSA) is 146 Å². The zero-order valence-electron chi connectivity index (χ0n) is 15.1. The van der Waals surface area contributed by atoms with Gasteiger partial charge in [-0.05, 0) is 19.1 Å². The van der Waals surface area contributed by atoms with Crippen molar-refractivity contribution in [3.8, 4) is 0 Å². The molecule has 5 atom stereocenters. The van der Waals surface area contributed by atoms with Crippen LogP contribution in [0.4, 0.5) is 5.82 Å². The van der Waals surface area contributed by atoms with Crippen molar-refractivity contribution in [1.29, 1.82) is 0 Å². The third-order valence-electron chi connectivity index (χ3n) is 5.00. The number of hydrogen-bond acceptors (Lipinski definition) is 8. The van der Waals surface area contributed by atoms with E-state index in [2.05, 4.69) is 9.98 Å². The van der Waals surface area contributed by atoms with Crippen LogP contribution in [-0.4, -0.2) is 66.4 Å². The summed E-state index contributed by atoms with van der Waals surface area (Å²) in [5, 5.41) is 29.6. The number of amidine groups is 1. The van der Waals surface area contributed by atoms with E-state index in [0.717, 1.165) is 0 Å². The maximum atomic E-state index is 12.9. The van der Waals surface area contributed by atoms with Crippen molar-refractivity contribution in [1.82, 2.24) is 14.5 Å². The van der Waals surface area contributed by atoms with Crippen LogP contribution in [0, 0.1) is 0 Å². The fourth-order valence-corrected chi connectivity index (χ4v) is 3.51. The van der Waals surface area contributed by atoms with E-state index in [0.29, 0.717) is 22.9 Å². The molecule has 2 aromatic rings. The Morgan fingerprint density at radius 3 is 2.61 bits per heavy atom. The van der Waals surface area contributed by atoms with Gasteiger partial charge in [0.1, 0.15) is 36.0 Å². The molecule has 0 radical (unpaired) electrons. The number of aliphatic imine (C=N–C) groups is 1. The summed E-state index contributed by atoms with van der Waals surface area (Å²) in [7, 11) is 0. The quantitative estimate of drug-likeness (QED) is 0.563. The molecule has 1 amide bonds. The van der Waals surface area contributed by atoms with Gasteiger partial charge in [0.25, 0.3) is 5.91 Å². The van der Waals surface area contributed by atoms with Crippen molar-refractivity contribution in [2.75, 3.05) is 6.61 Å². The number of amides is 1. The molecule has 3 unspecified atom stereocenters. The number of aromatic nitrogens is 2. The Kier molecular flexibility index (Phi) is 4.73. The largest absolute Gasteiger partial charge is 0.394 e. The predicted molar refractivity (Wildman–Crippen MR) is 97.5 cm³/mol. The number of rotatable bonds is 3. The molecule has 148 valence electrons. The molecule has 1 aromatic heterocycles. The predicted octanol–water partition coefficient (Wildman–Crippen LogP) is -0.342. The number of fused-ring (bicyclic) bond motifs is 1. The highest BCUT2D eigenvalue weighted by Crippen LogP contribution is 2.38. The van der Waals surface area contributed by atoms with Crippen LogP contribution in [0.1, 0.15) is 35.4 Å². The van der Waals surface area contributed by atoms with Crippen molar-refractivity contribution < 1.29 is 24.9 Å². The molecule has 0 bridgehead atoms. The van der Waals surface area contributed by atoms with Crippen molar-refractivity contribution >= 4 is 17.6 Å². The minimum atomic E-state index is -1.27. The van der Waals surface area contributed by atoms with Crippen molar-refractivity contribution in [2.45, 2.75) is 37.6 Å². The molecule has 10 nitrogen and oxygen atoms in total. The molecule has 2 aliphatic rings. The Morgan fingerprint density at radius 1 is 1.25 bits per heavy atom. The standard InChI is InChI=1S/C18H21N5O5/c1-9-21-16-12(15(19)23(9)17(27)10-5-3-2-4-6-10)20-8-22(16)18-14(26)13(25)11(7-24)28-18/h2-6,8,11,13-15,18,24-26H,7,19H2,1H3/t11-,13?,14?,15?,18-/m1/s1. The SMILES string of the molecule is CC1=Nc2c(ncn2[C@@H]2O[C@H](CO)C(O)C2O)C(N)N1C(=O)c1ccccc1. The Labute approximate surface area is 160 Å². The first-order valence-electron chi connectivity index (χ1n) is 8.82. The van der Waals surface area contributed by atoms with Gasteiger partial charge < -0.3 is 25.8 Å². The lowest BCUT2D eigenvalue weighted by molar-refractivity contribution is -0.0520. The van der Waals surface area contributed by atoms with Gasteiger partial charge in [-0.3, -0.25) is 14.3 Å². The van der Waals surface area contributed by atoms with E-state index < -0.39 is 37.3 Å². The first-order chi connectivity index (χ1) is 13.4. The van der Waals surface area contributed by atoms with Gasteiger partial charge in [-0.25, -0.2) is 9.98 Å². The molecule has 0 spiro atoms. The second kappa shape index (κ2) is 7.08. The summed E-state index contributed by atoms with van der Waals surface area (Å²) in [6.45, 7) is 1.21. The summed E-state index contributed by atoms with van der Waals surface area (Å²) >= 11 is 0. The van der Waals surface area contributed by atoms with E-state index in [1.54, 1.807) is 31.2 Å². The number of carbonyl (C=O) groups excluding carboxylic acids is 1. The van der Waals surface area contributed by atoms with Crippen LogP contribution in [0.15, 0.2) is 41.7 Å². The fourth-order valence-electron chi connectivity index (χ4n) is 3.51. The smallest absolute Gasteiger partial charge is 0.260 e. The zero-order valence-corrected chi connectivity index (χ0v) is 15.1. The molecule has 0 saturated carbocycles. The van der Waals surface area contributed by atoms with Gasteiger partial charge in [0.15, 0.2) is 12.0 Å². The van der Waals surface area contributed by atoms with Crippen molar-refractivity contribution in [3.63, 3.8) is 0 Å². The van der Waals surface area contributed by atoms with E-state index in [1.807, 2.05) is 6.07 Å². The molecule has 10 heteroatoms. The summed E-state index contributed by atoms with van der Waals surface area (Å²) in [5.41, 5.74) is 7.11. The maximum absolute atomic E-state index is 12.9. The van der Waals surface area contributed by atoms with E-state index in [-0.39, 0.29) is 5.91 Å². The third kappa shape index (κ3) is 2.82. The van der Waals surface area contributed by atoms with Crippen LogP contribution in [0.25, 0.3) is 0 Å².